The van der Waals surface area contributed by atoms with Crippen LogP contribution < -0.4 is 16.2 Å². The molecule has 5 rings (SSSR count). The molecule has 0 atom stereocenters. The summed E-state index contributed by atoms with van der Waals surface area (Å²) in [6.07, 6.45) is 2.84. The number of nitrogens with zero attached hydrogens (tertiary/aromatic N) is 2. The van der Waals surface area contributed by atoms with Crippen molar-refractivity contribution in [3.05, 3.63) is 101 Å². The van der Waals surface area contributed by atoms with Gasteiger partial charge < -0.3 is 10.6 Å². The number of carbonyl (C=O) groups excluding carboxylic acids is 1. The second-order valence-corrected chi connectivity index (χ2v) is 8.34. The first kappa shape index (κ1) is 22.3. The molecule has 7 heteroatoms. The summed E-state index contributed by atoms with van der Waals surface area (Å²) in [4.78, 5) is 29.0. The highest BCUT2D eigenvalue weighted by atomic mass is 16.1. The number of nitrogens with one attached hydrogen (secondary N) is 3. The van der Waals surface area contributed by atoms with E-state index in [0.29, 0.717) is 30.7 Å². The average molecular weight is 464 g/mol. The van der Waals surface area contributed by atoms with Crippen molar-refractivity contribution in [2.75, 3.05) is 18.4 Å². The minimum atomic E-state index is -0.209. The van der Waals surface area contributed by atoms with Crippen LogP contribution >= 0.6 is 0 Å². The third-order valence-electron chi connectivity index (χ3n) is 5.90. The molecule has 0 saturated heterocycles. The van der Waals surface area contributed by atoms with Crippen LogP contribution in [0.15, 0.2) is 89.9 Å². The summed E-state index contributed by atoms with van der Waals surface area (Å²) < 4.78 is 0. The van der Waals surface area contributed by atoms with E-state index in [-0.39, 0.29) is 11.5 Å². The lowest BCUT2D eigenvalue weighted by molar-refractivity contribution is -0.120. The quantitative estimate of drug-likeness (QED) is 0.298. The second kappa shape index (κ2) is 10.2. The van der Waals surface area contributed by atoms with Crippen molar-refractivity contribution in [2.24, 2.45) is 0 Å². The van der Waals surface area contributed by atoms with E-state index in [4.69, 9.17) is 0 Å². The van der Waals surface area contributed by atoms with Gasteiger partial charge in [-0.15, -0.1) is 0 Å². The molecule has 0 aliphatic carbocycles. The van der Waals surface area contributed by atoms with Gasteiger partial charge in [0.1, 0.15) is 0 Å². The Morgan fingerprint density at radius 2 is 1.71 bits per heavy atom. The lowest BCUT2D eigenvalue weighted by atomic mass is 9.99. The summed E-state index contributed by atoms with van der Waals surface area (Å²) in [6.45, 7) is 1.16. The van der Waals surface area contributed by atoms with Gasteiger partial charge in [-0.1, -0.05) is 66.7 Å². The third kappa shape index (κ3) is 5.04. The molecule has 0 radical (unpaired) electrons. The maximum Gasteiger partial charge on any atom is 0.272 e. The van der Waals surface area contributed by atoms with Gasteiger partial charge in [0.2, 0.25) is 5.91 Å². The van der Waals surface area contributed by atoms with Gasteiger partial charge in [-0.2, -0.15) is 5.10 Å². The molecule has 0 aliphatic heterocycles. The van der Waals surface area contributed by atoms with Crippen LogP contribution in [0.1, 0.15) is 12.0 Å². The molecule has 2 aromatic heterocycles. The molecule has 0 unspecified atom stereocenters. The first-order valence-corrected chi connectivity index (χ1v) is 11.6. The Balaban J connectivity index is 1.15. The Kier molecular flexibility index (Phi) is 6.48. The number of rotatable bonds is 8. The number of hydrogen-bond acceptors (Lipinski definition) is 5. The topological polar surface area (TPSA) is 99.8 Å². The lowest BCUT2D eigenvalue weighted by Crippen LogP contribution is -2.27. The van der Waals surface area contributed by atoms with Gasteiger partial charge in [0, 0.05) is 35.6 Å². The number of benzene rings is 3. The van der Waals surface area contributed by atoms with Crippen LogP contribution in [0, 0.1) is 0 Å². The summed E-state index contributed by atoms with van der Waals surface area (Å²) in [5.41, 5.74) is 3.80. The number of hydrogen-bond donors (Lipinski definition) is 3. The van der Waals surface area contributed by atoms with Gasteiger partial charge in [0.25, 0.3) is 5.56 Å². The Hall–Kier alpha value is -4.52. The number of aromatic amines is 1. The SMILES string of the molecule is O=C(Cc1cccc(-c2cccc3cccnc23)c1)NCCCNc1n[nH]c(=O)c2ccccc12. The van der Waals surface area contributed by atoms with Crippen molar-refractivity contribution in [1.29, 1.82) is 0 Å². The minimum Gasteiger partial charge on any atom is -0.368 e. The van der Waals surface area contributed by atoms with E-state index in [9.17, 15) is 9.59 Å². The summed E-state index contributed by atoms with van der Waals surface area (Å²) in [6, 6.07) is 25.5. The fourth-order valence-electron chi connectivity index (χ4n) is 4.21. The third-order valence-corrected chi connectivity index (χ3v) is 5.90. The molecule has 0 fully saturated rings. The van der Waals surface area contributed by atoms with Crippen molar-refractivity contribution in [1.82, 2.24) is 20.5 Å². The number of H-pyrrole nitrogens is 1. The molecule has 3 aromatic carbocycles. The van der Waals surface area contributed by atoms with E-state index in [1.807, 2.05) is 60.7 Å². The van der Waals surface area contributed by atoms with Gasteiger partial charge in [-0.3, -0.25) is 14.6 Å². The van der Waals surface area contributed by atoms with E-state index in [1.165, 1.54) is 0 Å². The zero-order valence-electron chi connectivity index (χ0n) is 19.1. The molecule has 0 saturated carbocycles. The fourth-order valence-corrected chi connectivity index (χ4v) is 4.21. The smallest absolute Gasteiger partial charge is 0.272 e. The first-order valence-electron chi connectivity index (χ1n) is 11.6. The van der Waals surface area contributed by atoms with Crippen LogP contribution in [-0.2, 0) is 11.2 Å². The summed E-state index contributed by atoms with van der Waals surface area (Å²) in [7, 11) is 0. The van der Waals surface area contributed by atoms with Crippen molar-refractivity contribution in [3.8, 4) is 11.1 Å². The zero-order chi connectivity index (χ0) is 24.0. The fraction of sp³-hybridized carbons (Fsp3) is 0.143. The zero-order valence-corrected chi connectivity index (χ0v) is 19.1. The molecule has 0 spiro atoms. The first-order chi connectivity index (χ1) is 17.2. The summed E-state index contributed by atoms with van der Waals surface area (Å²) in [5.74, 6) is 0.608. The Morgan fingerprint density at radius 1 is 0.886 bits per heavy atom. The Morgan fingerprint density at radius 3 is 2.63 bits per heavy atom. The maximum absolute atomic E-state index is 12.5. The standard InChI is InChI=1S/C28H25N5O2/c34-25(29-15-6-16-31-27-23-11-1-2-12-24(23)28(35)33-32-27)18-19-7-3-9-21(17-19)22-13-4-8-20-10-5-14-30-26(20)22/h1-5,7-14,17H,6,15-16,18H2,(H,29,34)(H,31,32)(H,33,35). The molecule has 1 amide bonds. The van der Waals surface area contributed by atoms with Crippen LogP contribution in [0.25, 0.3) is 32.8 Å². The van der Waals surface area contributed by atoms with E-state index < -0.39 is 0 Å². The molecule has 0 bridgehead atoms. The van der Waals surface area contributed by atoms with Crippen molar-refractivity contribution in [3.63, 3.8) is 0 Å². The van der Waals surface area contributed by atoms with Crippen LogP contribution in [0.3, 0.4) is 0 Å². The molecule has 7 nitrogen and oxygen atoms in total. The number of pyridine rings is 1. The van der Waals surface area contributed by atoms with Crippen molar-refractivity contribution in [2.45, 2.75) is 12.8 Å². The van der Waals surface area contributed by atoms with E-state index in [1.54, 1.807) is 12.3 Å². The Labute approximate surface area is 202 Å². The van der Waals surface area contributed by atoms with Gasteiger partial charge in [-0.25, -0.2) is 5.10 Å². The lowest BCUT2D eigenvalue weighted by Gasteiger charge is -2.10. The maximum atomic E-state index is 12.5. The monoisotopic (exact) mass is 463 g/mol. The number of anilines is 1. The predicted octanol–water partition coefficient (Wildman–Crippen LogP) is 4.30. The highest BCUT2D eigenvalue weighted by Gasteiger charge is 2.09. The van der Waals surface area contributed by atoms with E-state index in [2.05, 4.69) is 37.9 Å². The van der Waals surface area contributed by atoms with Crippen LogP contribution in [0.5, 0.6) is 0 Å². The van der Waals surface area contributed by atoms with Crippen molar-refractivity contribution < 1.29 is 4.79 Å². The number of carbonyl (C=O) groups is 1. The number of para-hydroxylation sites is 1. The largest absolute Gasteiger partial charge is 0.368 e. The van der Waals surface area contributed by atoms with E-state index >= 15 is 0 Å². The average Bonchev–Trinajstić information content (AvgIpc) is 2.89. The number of fused-ring (bicyclic) bond motifs is 2. The van der Waals surface area contributed by atoms with Crippen LogP contribution in [0.2, 0.25) is 0 Å². The van der Waals surface area contributed by atoms with Gasteiger partial charge in [0.15, 0.2) is 5.82 Å². The van der Waals surface area contributed by atoms with Crippen LogP contribution in [0.4, 0.5) is 5.82 Å². The Bertz CT molecular complexity index is 1560. The van der Waals surface area contributed by atoms with Crippen molar-refractivity contribution >= 4 is 33.4 Å². The van der Waals surface area contributed by atoms with E-state index in [0.717, 1.165) is 39.4 Å². The van der Waals surface area contributed by atoms with Crippen LogP contribution in [-0.4, -0.2) is 34.2 Å². The highest BCUT2D eigenvalue weighted by Crippen LogP contribution is 2.27. The molecule has 2 heterocycles. The minimum absolute atomic E-state index is 0.0224. The molecule has 35 heavy (non-hydrogen) atoms. The molecular formula is C28H25N5O2. The second-order valence-electron chi connectivity index (χ2n) is 8.34. The van der Waals surface area contributed by atoms with Gasteiger partial charge in [0.05, 0.1) is 17.3 Å². The number of aromatic nitrogens is 3. The summed E-state index contributed by atoms with van der Waals surface area (Å²) >= 11 is 0. The number of amides is 1. The van der Waals surface area contributed by atoms with Gasteiger partial charge >= 0.3 is 0 Å². The normalized spacial score (nSPS) is 11.0. The van der Waals surface area contributed by atoms with Gasteiger partial charge in [-0.05, 0) is 29.7 Å². The summed E-state index contributed by atoms with van der Waals surface area (Å²) in [5, 5.41) is 15.3. The molecule has 0 aliphatic rings. The predicted molar refractivity (Wildman–Crippen MR) is 139 cm³/mol. The highest BCUT2D eigenvalue weighted by molar-refractivity contribution is 5.94. The molecule has 5 aromatic rings. The molecular weight excluding hydrogens is 438 g/mol. The molecule has 3 N–H and O–H groups in total. The molecule has 174 valence electrons.